The highest BCUT2D eigenvalue weighted by atomic mass is 16.5. The van der Waals surface area contributed by atoms with Crippen LogP contribution in [0.2, 0.25) is 0 Å². The molecular weight excluding hydrogens is 182 g/mol. The lowest BCUT2D eigenvalue weighted by atomic mass is 10.1. The third-order valence-electron chi connectivity index (χ3n) is 1.88. The average molecular weight is 199 g/mol. The number of carbonyl (C=O) groups is 1. The third kappa shape index (κ3) is 3.89. The largest absolute Gasteiger partial charge is 0.383 e. The summed E-state index contributed by atoms with van der Waals surface area (Å²) in [6.07, 6.45) is 2.26. The number of ketones is 1. The van der Waals surface area contributed by atoms with E-state index in [-0.39, 0.29) is 5.78 Å². The minimum absolute atomic E-state index is 0.112. The van der Waals surface area contributed by atoms with Crippen LogP contribution in [-0.2, 0) is 14.3 Å². The van der Waals surface area contributed by atoms with E-state index in [4.69, 9.17) is 9.47 Å². The molecule has 14 heavy (non-hydrogen) atoms. The lowest BCUT2D eigenvalue weighted by Gasteiger charge is -2.09. The first kappa shape index (κ1) is 11.2. The Morgan fingerprint density at radius 2 is 1.93 bits per heavy atom. The van der Waals surface area contributed by atoms with E-state index in [1.807, 2.05) is 25.2 Å². The Hall–Kier alpha value is -0.870. The van der Waals surface area contributed by atoms with E-state index >= 15 is 0 Å². The van der Waals surface area contributed by atoms with Crippen molar-refractivity contribution in [3.05, 3.63) is 11.8 Å². The number of nitrogens with zero attached hydrogens (tertiary/aromatic N) is 1. The van der Waals surface area contributed by atoms with Crippen LogP contribution in [0.15, 0.2) is 11.8 Å². The van der Waals surface area contributed by atoms with Gasteiger partial charge in [-0.05, 0) is 0 Å². The molecule has 1 aliphatic rings. The Kier molecular flexibility index (Phi) is 4.62. The van der Waals surface area contributed by atoms with Crippen LogP contribution in [0.3, 0.4) is 0 Å². The second-order valence-electron chi connectivity index (χ2n) is 3.46. The molecule has 0 spiro atoms. The highest BCUT2D eigenvalue weighted by molar-refractivity contribution is 5.95. The molecule has 1 rings (SSSR count). The summed E-state index contributed by atoms with van der Waals surface area (Å²) in [5.41, 5.74) is 0.723. The summed E-state index contributed by atoms with van der Waals surface area (Å²) < 4.78 is 10.5. The molecular formula is C10H17NO3. The molecule has 4 heteroatoms. The molecule has 0 saturated carbocycles. The molecule has 1 fully saturated rings. The average Bonchev–Trinajstić information content (AvgIpc) is 2.20. The van der Waals surface area contributed by atoms with Crippen molar-refractivity contribution in [2.45, 2.75) is 6.42 Å². The predicted octanol–water partition coefficient (Wildman–Crippen LogP) is 0.438. The van der Waals surface area contributed by atoms with Crippen molar-refractivity contribution in [3.63, 3.8) is 0 Å². The standard InChI is InChI=1S/C10H17NO3/c1-11(2)7-9-8-14-6-5-13-4-3-10(9)12/h7H,3-6,8H2,1-2H3. The van der Waals surface area contributed by atoms with Crippen molar-refractivity contribution in [2.24, 2.45) is 0 Å². The van der Waals surface area contributed by atoms with Gasteiger partial charge in [-0.25, -0.2) is 0 Å². The second-order valence-corrected chi connectivity index (χ2v) is 3.46. The molecule has 0 unspecified atom stereocenters. The van der Waals surface area contributed by atoms with Gasteiger partial charge in [-0.1, -0.05) is 0 Å². The molecule has 0 aromatic carbocycles. The van der Waals surface area contributed by atoms with Gasteiger partial charge >= 0.3 is 0 Å². The molecule has 4 nitrogen and oxygen atoms in total. The van der Waals surface area contributed by atoms with Crippen LogP contribution in [0.4, 0.5) is 0 Å². The number of ether oxygens (including phenoxy) is 2. The Bertz CT molecular complexity index is 223. The fourth-order valence-corrected chi connectivity index (χ4v) is 1.23. The molecule has 0 N–H and O–H groups in total. The fourth-order valence-electron chi connectivity index (χ4n) is 1.23. The minimum atomic E-state index is 0.112. The van der Waals surface area contributed by atoms with Gasteiger partial charge in [0.1, 0.15) is 0 Å². The molecule has 80 valence electrons. The number of hydrogen-bond donors (Lipinski definition) is 0. The van der Waals surface area contributed by atoms with E-state index in [9.17, 15) is 4.79 Å². The first-order valence-corrected chi connectivity index (χ1v) is 4.76. The third-order valence-corrected chi connectivity index (χ3v) is 1.88. The minimum Gasteiger partial charge on any atom is -0.383 e. The molecule has 1 saturated heterocycles. The predicted molar refractivity (Wildman–Crippen MR) is 53.0 cm³/mol. The van der Waals surface area contributed by atoms with Gasteiger partial charge in [0.15, 0.2) is 5.78 Å². The SMILES string of the molecule is CN(C)C=C1COCCOCCC1=O. The lowest BCUT2D eigenvalue weighted by molar-refractivity contribution is -0.116. The van der Waals surface area contributed by atoms with Gasteiger partial charge in [0.2, 0.25) is 0 Å². The van der Waals surface area contributed by atoms with E-state index in [2.05, 4.69) is 0 Å². The monoisotopic (exact) mass is 199 g/mol. The maximum absolute atomic E-state index is 11.6. The summed E-state index contributed by atoms with van der Waals surface area (Å²) in [6.45, 7) is 2.01. The fraction of sp³-hybridized carbons (Fsp3) is 0.700. The van der Waals surface area contributed by atoms with Crippen LogP contribution < -0.4 is 0 Å². The number of rotatable bonds is 1. The molecule has 0 amide bonds. The first-order valence-electron chi connectivity index (χ1n) is 4.76. The van der Waals surface area contributed by atoms with Gasteiger partial charge < -0.3 is 14.4 Å². The zero-order valence-corrected chi connectivity index (χ0v) is 8.78. The van der Waals surface area contributed by atoms with E-state index in [1.54, 1.807) is 0 Å². The Balaban J connectivity index is 2.62. The Labute approximate surface area is 84.5 Å². The molecule has 0 aliphatic carbocycles. The van der Waals surface area contributed by atoms with Crippen LogP contribution in [-0.4, -0.2) is 51.2 Å². The van der Waals surface area contributed by atoms with Gasteiger partial charge in [-0.2, -0.15) is 0 Å². The highest BCUT2D eigenvalue weighted by Gasteiger charge is 2.12. The molecule has 0 aromatic heterocycles. The molecule has 1 heterocycles. The zero-order chi connectivity index (χ0) is 10.4. The maximum Gasteiger partial charge on any atom is 0.164 e. The van der Waals surface area contributed by atoms with Crippen LogP contribution >= 0.6 is 0 Å². The molecule has 0 bridgehead atoms. The molecule has 0 atom stereocenters. The summed E-state index contributed by atoms with van der Waals surface area (Å²) in [7, 11) is 3.78. The van der Waals surface area contributed by atoms with Crippen LogP contribution in [0.25, 0.3) is 0 Å². The van der Waals surface area contributed by atoms with Gasteiger partial charge in [0, 0.05) is 32.3 Å². The maximum atomic E-state index is 11.6. The van der Waals surface area contributed by atoms with E-state index < -0.39 is 0 Å². The zero-order valence-electron chi connectivity index (χ0n) is 8.78. The van der Waals surface area contributed by atoms with Crippen LogP contribution in [0.5, 0.6) is 0 Å². The van der Waals surface area contributed by atoms with Crippen molar-refractivity contribution in [1.29, 1.82) is 0 Å². The van der Waals surface area contributed by atoms with Crippen LogP contribution in [0, 0.1) is 0 Å². The summed E-state index contributed by atoms with van der Waals surface area (Å²) in [6, 6.07) is 0. The van der Waals surface area contributed by atoms with E-state index in [1.165, 1.54) is 0 Å². The molecule has 0 aromatic rings. The van der Waals surface area contributed by atoms with Gasteiger partial charge in [0.05, 0.1) is 26.4 Å². The lowest BCUT2D eigenvalue weighted by Crippen LogP contribution is -2.14. The Morgan fingerprint density at radius 1 is 1.21 bits per heavy atom. The smallest absolute Gasteiger partial charge is 0.164 e. The van der Waals surface area contributed by atoms with Crippen molar-refractivity contribution < 1.29 is 14.3 Å². The summed E-state index contributed by atoms with van der Waals surface area (Å²) in [5.74, 6) is 0.112. The topological polar surface area (TPSA) is 38.8 Å². The summed E-state index contributed by atoms with van der Waals surface area (Å²) in [5, 5.41) is 0. The van der Waals surface area contributed by atoms with Crippen molar-refractivity contribution in [3.8, 4) is 0 Å². The normalized spacial score (nSPS) is 22.7. The molecule has 1 aliphatic heterocycles. The first-order chi connectivity index (χ1) is 6.70. The number of carbonyl (C=O) groups excluding carboxylic acids is 1. The van der Waals surface area contributed by atoms with Crippen molar-refractivity contribution in [1.82, 2.24) is 4.90 Å². The highest BCUT2D eigenvalue weighted by Crippen LogP contribution is 2.05. The molecule has 0 radical (unpaired) electrons. The van der Waals surface area contributed by atoms with Gasteiger partial charge in [-0.3, -0.25) is 4.79 Å². The van der Waals surface area contributed by atoms with Crippen molar-refractivity contribution >= 4 is 5.78 Å². The Morgan fingerprint density at radius 3 is 2.64 bits per heavy atom. The van der Waals surface area contributed by atoms with Crippen molar-refractivity contribution in [2.75, 3.05) is 40.5 Å². The summed E-state index contributed by atoms with van der Waals surface area (Å²) in [4.78, 5) is 13.5. The quantitative estimate of drug-likeness (QED) is 0.574. The van der Waals surface area contributed by atoms with E-state index in [0.717, 1.165) is 5.57 Å². The number of Topliss-reactive ketones (excluding diaryl/α,β-unsaturated/α-hetero) is 1. The number of hydrogen-bond acceptors (Lipinski definition) is 4. The van der Waals surface area contributed by atoms with Gasteiger partial charge in [-0.15, -0.1) is 0 Å². The summed E-state index contributed by atoms with van der Waals surface area (Å²) >= 11 is 0. The van der Waals surface area contributed by atoms with Gasteiger partial charge in [0.25, 0.3) is 0 Å². The van der Waals surface area contributed by atoms with Crippen LogP contribution in [0.1, 0.15) is 6.42 Å². The van der Waals surface area contributed by atoms with E-state index in [0.29, 0.717) is 32.8 Å². The second kappa shape index (κ2) is 5.78.